The highest BCUT2D eigenvalue weighted by molar-refractivity contribution is 5.66. The molecular weight excluding hydrogens is 266 g/mol. The van der Waals surface area contributed by atoms with Gasteiger partial charge in [-0.05, 0) is 63.8 Å². The maximum absolute atomic E-state index is 10.5. The van der Waals surface area contributed by atoms with Crippen LogP contribution < -0.4 is 0 Å². The first-order valence-corrected chi connectivity index (χ1v) is 8.73. The minimum atomic E-state index is -0.677. The van der Waals surface area contributed by atoms with Crippen LogP contribution >= 0.6 is 0 Å². The smallest absolute Gasteiger partial charge is 0.303 e. The van der Waals surface area contributed by atoms with E-state index in [-0.39, 0.29) is 0 Å². The van der Waals surface area contributed by atoms with Crippen LogP contribution in [0.2, 0.25) is 0 Å². The van der Waals surface area contributed by atoms with Gasteiger partial charge in [-0.2, -0.15) is 0 Å². The maximum Gasteiger partial charge on any atom is 0.303 e. The maximum atomic E-state index is 10.5. The lowest BCUT2D eigenvalue weighted by molar-refractivity contribution is -0.137. The zero-order valence-corrected chi connectivity index (χ0v) is 13.4. The first-order chi connectivity index (χ1) is 10.1. The van der Waals surface area contributed by atoms with Crippen LogP contribution in [0.5, 0.6) is 0 Å². The van der Waals surface area contributed by atoms with Crippen molar-refractivity contribution in [3.05, 3.63) is 0 Å². The van der Waals surface area contributed by atoms with E-state index in [1.54, 1.807) is 0 Å². The van der Waals surface area contributed by atoms with Crippen molar-refractivity contribution in [2.75, 3.05) is 19.6 Å². The predicted molar refractivity (Wildman–Crippen MR) is 83.5 cm³/mol. The van der Waals surface area contributed by atoms with E-state index in [1.807, 2.05) is 0 Å². The number of unbranched alkanes of at least 4 members (excludes halogenated alkanes) is 1. The van der Waals surface area contributed by atoms with E-state index < -0.39 is 5.97 Å². The second-order valence-electron chi connectivity index (χ2n) is 6.91. The summed E-state index contributed by atoms with van der Waals surface area (Å²) in [6.45, 7) is 5.61. The van der Waals surface area contributed by atoms with Crippen LogP contribution in [-0.2, 0) is 9.53 Å². The zero-order chi connectivity index (χ0) is 15.1. The molecular formula is C17H31NO3. The molecule has 2 aliphatic rings. The van der Waals surface area contributed by atoms with Crippen molar-refractivity contribution in [2.24, 2.45) is 5.92 Å². The molecule has 21 heavy (non-hydrogen) atoms. The number of aliphatic carboxylic acids is 1. The molecule has 1 aliphatic carbocycles. The summed E-state index contributed by atoms with van der Waals surface area (Å²) in [5.74, 6) is 0.210. The Morgan fingerprint density at radius 1 is 1.05 bits per heavy atom. The fourth-order valence-electron chi connectivity index (χ4n) is 3.52. The van der Waals surface area contributed by atoms with Gasteiger partial charge in [0.05, 0.1) is 12.2 Å². The molecule has 1 saturated heterocycles. The first kappa shape index (κ1) is 16.8. The van der Waals surface area contributed by atoms with Crippen molar-refractivity contribution >= 4 is 5.97 Å². The van der Waals surface area contributed by atoms with Crippen molar-refractivity contribution in [3.63, 3.8) is 0 Å². The minimum Gasteiger partial charge on any atom is -0.481 e. The molecule has 1 N–H and O–H groups in total. The average molecular weight is 297 g/mol. The van der Waals surface area contributed by atoms with Crippen LogP contribution in [0.15, 0.2) is 0 Å². The van der Waals surface area contributed by atoms with E-state index in [9.17, 15) is 4.79 Å². The summed E-state index contributed by atoms with van der Waals surface area (Å²) in [4.78, 5) is 12.9. The van der Waals surface area contributed by atoms with Gasteiger partial charge in [-0.3, -0.25) is 4.79 Å². The number of carboxylic acid groups (broad SMARTS) is 1. The number of piperidine rings is 1. The van der Waals surface area contributed by atoms with Crippen LogP contribution in [0.3, 0.4) is 0 Å². The molecule has 4 heteroatoms. The van der Waals surface area contributed by atoms with Gasteiger partial charge < -0.3 is 14.7 Å². The fourth-order valence-corrected chi connectivity index (χ4v) is 3.52. The zero-order valence-electron chi connectivity index (χ0n) is 13.4. The Kier molecular flexibility index (Phi) is 6.97. The SMILES string of the molecule is CC1CCC(OC2CCN(CCCCC(=O)O)CC2)CC1. The Balaban J connectivity index is 1.54. The highest BCUT2D eigenvalue weighted by Crippen LogP contribution is 2.28. The number of ether oxygens (including phenoxy) is 1. The van der Waals surface area contributed by atoms with Crippen molar-refractivity contribution in [3.8, 4) is 0 Å². The van der Waals surface area contributed by atoms with Gasteiger partial charge in [0, 0.05) is 19.5 Å². The third-order valence-electron chi connectivity index (χ3n) is 5.00. The molecule has 4 nitrogen and oxygen atoms in total. The lowest BCUT2D eigenvalue weighted by Crippen LogP contribution is -2.39. The monoisotopic (exact) mass is 297 g/mol. The Hall–Kier alpha value is -0.610. The molecule has 0 spiro atoms. The molecule has 122 valence electrons. The van der Waals surface area contributed by atoms with Crippen molar-refractivity contribution < 1.29 is 14.6 Å². The van der Waals surface area contributed by atoms with Gasteiger partial charge in [0.2, 0.25) is 0 Å². The molecule has 0 atom stereocenters. The van der Waals surface area contributed by atoms with Gasteiger partial charge in [-0.15, -0.1) is 0 Å². The normalized spacial score (nSPS) is 28.6. The molecule has 1 saturated carbocycles. The second-order valence-corrected chi connectivity index (χ2v) is 6.91. The summed E-state index contributed by atoms with van der Waals surface area (Å²) in [5, 5.41) is 8.63. The quantitative estimate of drug-likeness (QED) is 0.733. The molecule has 0 aromatic heterocycles. The number of hydrogen-bond acceptors (Lipinski definition) is 3. The van der Waals surface area contributed by atoms with Crippen LogP contribution in [0.1, 0.15) is 64.7 Å². The number of carbonyl (C=O) groups is 1. The van der Waals surface area contributed by atoms with Gasteiger partial charge >= 0.3 is 5.97 Å². The van der Waals surface area contributed by atoms with Crippen molar-refractivity contribution in [1.29, 1.82) is 0 Å². The Bertz CT molecular complexity index is 305. The summed E-state index contributed by atoms with van der Waals surface area (Å²) in [6, 6.07) is 0. The molecule has 1 aliphatic heterocycles. The summed E-state index contributed by atoms with van der Waals surface area (Å²) in [5.41, 5.74) is 0. The molecule has 1 heterocycles. The molecule has 0 bridgehead atoms. The van der Waals surface area contributed by atoms with Crippen molar-refractivity contribution in [2.45, 2.75) is 76.9 Å². The van der Waals surface area contributed by atoms with Crippen LogP contribution in [-0.4, -0.2) is 47.8 Å². The lowest BCUT2D eigenvalue weighted by Gasteiger charge is -2.35. The molecule has 2 fully saturated rings. The van der Waals surface area contributed by atoms with Gasteiger partial charge in [-0.1, -0.05) is 6.92 Å². The third kappa shape index (κ3) is 6.35. The average Bonchev–Trinajstić information content (AvgIpc) is 2.47. The summed E-state index contributed by atoms with van der Waals surface area (Å²) < 4.78 is 6.28. The van der Waals surface area contributed by atoms with E-state index in [0.29, 0.717) is 18.6 Å². The Morgan fingerprint density at radius 3 is 2.29 bits per heavy atom. The molecule has 2 rings (SSSR count). The summed E-state index contributed by atoms with van der Waals surface area (Å²) in [7, 11) is 0. The van der Waals surface area contributed by atoms with Crippen LogP contribution in [0, 0.1) is 5.92 Å². The molecule has 0 aromatic rings. The molecule has 0 unspecified atom stereocenters. The fraction of sp³-hybridized carbons (Fsp3) is 0.941. The summed E-state index contributed by atoms with van der Waals surface area (Å²) >= 11 is 0. The van der Waals surface area contributed by atoms with Gasteiger partial charge in [0.25, 0.3) is 0 Å². The van der Waals surface area contributed by atoms with Gasteiger partial charge in [0.15, 0.2) is 0 Å². The highest BCUT2D eigenvalue weighted by atomic mass is 16.5. The van der Waals surface area contributed by atoms with E-state index in [4.69, 9.17) is 9.84 Å². The summed E-state index contributed by atoms with van der Waals surface area (Å²) in [6.07, 6.45) is 10.5. The molecule has 0 amide bonds. The molecule has 0 radical (unpaired) electrons. The second kappa shape index (κ2) is 8.74. The third-order valence-corrected chi connectivity index (χ3v) is 5.00. The number of rotatable bonds is 7. The van der Waals surface area contributed by atoms with Gasteiger partial charge in [0.1, 0.15) is 0 Å². The largest absolute Gasteiger partial charge is 0.481 e. The standard InChI is InChI=1S/C17H31NO3/c1-14-5-7-15(8-6-14)21-16-9-12-18(13-10-16)11-3-2-4-17(19)20/h14-16H,2-13H2,1H3,(H,19,20). The van der Waals surface area contributed by atoms with E-state index in [2.05, 4.69) is 11.8 Å². The highest BCUT2D eigenvalue weighted by Gasteiger charge is 2.25. The van der Waals surface area contributed by atoms with E-state index >= 15 is 0 Å². The Labute approximate surface area is 128 Å². The number of hydrogen-bond donors (Lipinski definition) is 1. The van der Waals surface area contributed by atoms with Gasteiger partial charge in [-0.25, -0.2) is 0 Å². The number of carboxylic acids is 1. The number of likely N-dealkylation sites (tertiary alicyclic amines) is 1. The lowest BCUT2D eigenvalue weighted by atomic mass is 9.88. The van der Waals surface area contributed by atoms with Crippen molar-refractivity contribution in [1.82, 2.24) is 4.90 Å². The van der Waals surface area contributed by atoms with E-state index in [0.717, 1.165) is 51.2 Å². The predicted octanol–water partition coefficient (Wildman–Crippen LogP) is 3.30. The van der Waals surface area contributed by atoms with Crippen LogP contribution in [0.4, 0.5) is 0 Å². The topological polar surface area (TPSA) is 49.8 Å². The molecule has 0 aromatic carbocycles. The first-order valence-electron chi connectivity index (χ1n) is 8.73. The van der Waals surface area contributed by atoms with E-state index in [1.165, 1.54) is 25.7 Å². The number of nitrogens with zero attached hydrogens (tertiary/aromatic N) is 1. The minimum absolute atomic E-state index is 0.305. The Morgan fingerprint density at radius 2 is 1.67 bits per heavy atom. The van der Waals surface area contributed by atoms with Crippen LogP contribution in [0.25, 0.3) is 0 Å².